The van der Waals surface area contributed by atoms with Crippen LogP contribution in [0.1, 0.15) is 31.7 Å². The highest BCUT2D eigenvalue weighted by molar-refractivity contribution is 6.30. The van der Waals surface area contributed by atoms with Crippen LogP contribution >= 0.6 is 11.6 Å². The van der Waals surface area contributed by atoms with Crippen LogP contribution in [-0.2, 0) is 9.47 Å². The molecule has 4 nitrogen and oxygen atoms in total. The van der Waals surface area contributed by atoms with Gasteiger partial charge in [-0.15, -0.1) is 0 Å². The van der Waals surface area contributed by atoms with Crippen LogP contribution in [0.4, 0.5) is 0 Å². The molecule has 0 amide bonds. The average molecular weight is 357 g/mol. The Morgan fingerprint density at radius 2 is 1.80 bits per heavy atom. The SMILES string of the molecule is CCCC[C@H]1CO[C@H](C#Cc2cnc(-c3ccc(Cl)cc3)nc2)OC1. The van der Waals surface area contributed by atoms with Gasteiger partial charge in [0.1, 0.15) is 0 Å². The molecular weight excluding hydrogens is 336 g/mol. The number of unbranched alkanes of at least 4 members (excludes halogenated alkanes) is 1. The van der Waals surface area contributed by atoms with Gasteiger partial charge in [0.2, 0.25) is 6.29 Å². The van der Waals surface area contributed by atoms with Crippen LogP contribution in [0.25, 0.3) is 11.4 Å². The molecule has 0 aliphatic carbocycles. The molecule has 0 N–H and O–H groups in total. The van der Waals surface area contributed by atoms with Gasteiger partial charge >= 0.3 is 0 Å². The topological polar surface area (TPSA) is 44.2 Å². The highest BCUT2D eigenvalue weighted by Crippen LogP contribution is 2.18. The van der Waals surface area contributed by atoms with Crippen molar-refractivity contribution in [3.05, 3.63) is 47.2 Å². The van der Waals surface area contributed by atoms with Crippen LogP contribution < -0.4 is 0 Å². The number of ether oxygens (including phenoxy) is 2. The van der Waals surface area contributed by atoms with E-state index >= 15 is 0 Å². The number of hydrogen-bond acceptors (Lipinski definition) is 4. The van der Waals surface area contributed by atoms with E-state index in [0.717, 1.165) is 17.5 Å². The molecule has 25 heavy (non-hydrogen) atoms. The van der Waals surface area contributed by atoms with Gasteiger partial charge in [-0.3, -0.25) is 0 Å². The fourth-order valence-corrected chi connectivity index (χ4v) is 2.69. The van der Waals surface area contributed by atoms with Gasteiger partial charge < -0.3 is 9.47 Å². The lowest BCUT2D eigenvalue weighted by molar-refractivity contribution is -0.170. The number of halogens is 1. The lowest BCUT2D eigenvalue weighted by atomic mass is 10.0. The molecule has 1 aliphatic heterocycles. The predicted molar refractivity (Wildman–Crippen MR) is 98.1 cm³/mol. The zero-order valence-electron chi connectivity index (χ0n) is 14.2. The molecule has 2 aromatic rings. The van der Waals surface area contributed by atoms with Gasteiger partial charge in [-0.1, -0.05) is 37.3 Å². The molecule has 0 spiro atoms. The standard InChI is InChI=1S/C20H21ClN2O2/c1-2-3-4-16-13-24-19(25-14-16)10-5-15-11-22-20(23-12-15)17-6-8-18(21)9-7-17/h6-9,11-12,16,19H,2-4,13-14H2,1H3/t16-,19-. The average Bonchev–Trinajstić information content (AvgIpc) is 2.67. The van der Waals surface area contributed by atoms with Crippen molar-refractivity contribution in [1.82, 2.24) is 9.97 Å². The summed E-state index contributed by atoms with van der Waals surface area (Å²) in [6.07, 6.45) is 6.51. The first-order valence-electron chi connectivity index (χ1n) is 8.57. The maximum Gasteiger partial charge on any atom is 0.222 e. The van der Waals surface area contributed by atoms with Gasteiger partial charge in [0.05, 0.1) is 18.8 Å². The van der Waals surface area contributed by atoms with E-state index in [1.165, 1.54) is 12.8 Å². The minimum atomic E-state index is -0.464. The molecule has 0 saturated carbocycles. The van der Waals surface area contributed by atoms with E-state index in [9.17, 15) is 0 Å². The fraction of sp³-hybridized carbons (Fsp3) is 0.400. The molecule has 1 aromatic heterocycles. The molecule has 1 fully saturated rings. The van der Waals surface area contributed by atoms with E-state index in [4.69, 9.17) is 21.1 Å². The van der Waals surface area contributed by atoms with Gasteiger partial charge in [-0.25, -0.2) is 9.97 Å². The molecule has 0 bridgehead atoms. The Kier molecular flexibility index (Phi) is 6.41. The molecule has 1 aliphatic rings. The highest BCUT2D eigenvalue weighted by atomic mass is 35.5. The van der Waals surface area contributed by atoms with Gasteiger partial charge in [0.25, 0.3) is 0 Å². The second-order valence-electron chi connectivity index (χ2n) is 6.08. The highest BCUT2D eigenvalue weighted by Gasteiger charge is 2.20. The van der Waals surface area contributed by atoms with Crippen molar-refractivity contribution in [3.63, 3.8) is 0 Å². The normalized spacial score (nSPS) is 19.9. The van der Waals surface area contributed by atoms with Crippen LogP contribution in [0.2, 0.25) is 5.02 Å². The lowest BCUT2D eigenvalue weighted by Crippen LogP contribution is -2.31. The van der Waals surface area contributed by atoms with Crippen LogP contribution in [0.15, 0.2) is 36.7 Å². The smallest absolute Gasteiger partial charge is 0.222 e. The Morgan fingerprint density at radius 1 is 1.12 bits per heavy atom. The quantitative estimate of drug-likeness (QED) is 0.765. The first-order valence-corrected chi connectivity index (χ1v) is 8.95. The van der Waals surface area contributed by atoms with Crippen molar-refractivity contribution < 1.29 is 9.47 Å². The minimum Gasteiger partial charge on any atom is -0.342 e. The summed E-state index contributed by atoms with van der Waals surface area (Å²) < 4.78 is 11.3. The third kappa shape index (κ3) is 5.27. The predicted octanol–water partition coefficient (Wildman–Crippen LogP) is 4.33. The Balaban J connectivity index is 1.56. The van der Waals surface area contributed by atoms with Crippen molar-refractivity contribution >= 4 is 11.6 Å². The summed E-state index contributed by atoms with van der Waals surface area (Å²) >= 11 is 5.89. The largest absolute Gasteiger partial charge is 0.342 e. The number of aromatic nitrogens is 2. The summed E-state index contributed by atoms with van der Waals surface area (Å²) in [5, 5.41) is 0.690. The minimum absolute atomic E-state index is 0.464. The molecule has 1 saturated heterocycles. The summed E-state index contributed by atoms with van der Waals surface area (Å²) in [5.41, 5.74) is 1.65. The molecule has 0 atom stereocenters. The van der Waals surface area contributed by atoms with Crippen molar-refractivity contribution in [1.29, 1.82) is 0 Å². The maximum atomic E-state index is 5.89. The van der Waals surface area contributed by atoms with Crippen LogP contribution in [0.5, 0.6) is 0 Å². The third-order valence-corrected chi connectivity index (χ3v) is 4.27. The molecule has 5 heteroatoms. The van der Waals surface area contributed by atoms with Crippen molar-refractivity contribution in [2.24, 2.45) is 5.92 Å². The number of nitrogens with zero attached hydrogens (tertiary/aromatic N) is 2. The van der Waals surface area contributed by atoms with Crippen LogP contribution in [-0.4, -0.2) is 29.5 Å². The number of benzene rings is 1. The van der Waals surface area contributed by atoms with E-state index in [1.807, 2.05) is 24.3 Å². The zero-order valence-corrected chi connectivity index (χ0v) is 15.0. The second kappa shape index (κ2) is 8.96. The monoisotopic (exact) mass is 356 g/mol. The Morgan fingerprint density at radius 3 is 2.44 bits per heavy atom. The van der Waals surface area contributed by atoms with E-state index in [2.05, 4.69) is 28.7 Å². The molecule has 0 unspecified atom stereocenters. The van der Waals surface area contributed by atoms with Crippen molar-refractivity contribution in [2.45, 2.75) is 32.5 Å². The number of rotatable bonds is 4. The Hall–Kier alpha value is -1.93. The van der Waals surface area contributed by atoms with E-state index < -0.39 is 6.29 Å². The van der Waals surface area contributed by atoms with Crippen LogP contribution in [0, 0.1) is 17.8 Å². The Labute approximate surface area is 153 Å². The van der Waals surface area contributed by atoms with E-state index in [1.54, 1.807) is 12.4 Å². The summed E-state index contributed by atoms with van der Waals surface area (Å²) in [6, 6.07) is 7.42. The molecule has 1 aromatic carbocycles. The van der Waals surface area contributed by atoms with E-state index in [0.29, 0.717) is 30.0 Å². The second-order valence-corrected chi connectivity index (χ2v) is 6.51. The lowest BCUT2D eigenvalue weighted by Gasteiger charge is -2.26. The Bertz CT molecular complexity index is 727. The summed E-state index contributed by atoms with van der Waals surface area (Å²) in [6.45, 7) is 3.62. The van der Waals surface area contributed by atoms with Gasteiger partial charge in [-0.2, -0.15) is 0 Å². The molecule has 130 valence electrons. The summed E-state index contributed by atoms with van der Waals surface area (Å²) in [4.78, 5) is 8.70. The molecule has 3 rings (SSSR count). The first kappa shape index (κ1) is 17.9. The van der Waals surface area contributed by atoms with Gasteiger partial charge in [-0.05, 0) is 36.6 Å². The van der Waals surface area contributed by atoms with Crippen LogP contribution in [0.3, 0.4) is 0 Å². The van der Waals surface area contributed by atoms with Gasteiger partial charge in [0, 0.05) is 28.9 Å². The summed E-state index contributed by atoms with van der Waals surface area (Å²) in [5.74, 6) is 7.13. The molecule has 0 radical (unpaired) electrons. The van der Waals surface area contributed by atoms with E-state index in [-0.39, 0.29) is 0 Å². The molecule has 2 heterocycles. The van der Waals surface area contributed by atoms with Crippen molar-refractivity contribution in [2.75, 3.05) is 13.2 Å². The number of hydrogen-bond donors (Lipinski definition) is 0. The zero-order chi connectivity index (χ0) is 17.5. The first-order chi connectivity index (χ1) is 12.2. The third-order valence-electron chi connectivity index (χ3n) is 4.02. The molecular formula is C20H21ClN2O2. The fourth-order valence-electron chi connectivity index (χ4n) is 2.57. The van der Waals surface area contributed by atoms with Crippen molar-refractivity contribution in [3.8, 4) is 23.2 Å². The summed E-state index contributed by atoms with van der Waals surface area (Å²) in [7, 11) is 0. The maximum absolute atomic E-state index is 5.89. The van der Waals surface area contributed by atoms with Gasteiger partial charge in [0.15, 0.2) is 5.82 Å².